The van der Waals surface area contributed by atoms with Crippen LogP contribution in [0.4, 0.5) is 5.00 Å². The highest BCUT2D eigenvalue weighted by molar-refractivity contribution is 8.00. The molecule has 3 heterocycles. The largest absolute Gasteiger partial charge is 0.481 e. The molecule has 0 radical (unpaired) electrons. The Morgan fingerprint density at radius 2 is 2.21 bits per heavy atom. The number of carboxylic acids is 1. The molecule has 7 nitrogen and oxygen atoms in total. The summed E-state index contributed by atoms with van der Waals surface area (Å²) in [6.45, 7) is 3.13. The number of rotatable bonds is 4. The van der Waals surface area contributed by atoms with Crippen LogP contribution in [0.5, 0.6) is 0 Å². The molecule has 0 bridgehead atoms. The predicted molar refractivity (Wildman–Crippen MR) is 90.9 cm³/mol. The molecule has 130 valence electrons. The average molecular weight is 370 g/mol. The number of fused-ring (bicyclic) bond motifs is 1. The fourth-order valence-corrected chi connectivity index (χ4v) is 5.61. The lowest BCUT2D eigenvalue weighted by Crippen LogP contribution is -2.83. The number of methoxy groups -OCH3 is 1. The second kappa shape index (κ2) is 5.75. The number of thioether (sulfide) groups is 1. The minimum atomic E-state index is -1.42. The van der Waals surface area contributed by atoms with E-state index < -0.39 is 22.5 Å². The number of anilines is 1. The lowest BCUT2D eigenvalue weighted by atomic mass is 9.88. The highest BCUT2D eigenvalue weighted by Gasteiger charge is 2.70. The second-order valence-electron chi connectivity index (χ2n) is 6.17. The number of carbonyl (C=O) groups excluding carboxylic acids is 2. The Morgan fingerprint density at radius 3 is 2.71 bits per heavy atom. The van der Waals surface area contributed by atoms with Gasteiger partial charge in [-0.05, 0) is 24.4 Å². The van der Waals surface area contributed by atoms with Gasteiger partial charge in [0.05, 0.1) is 5.41 Å². The minimum Gasteiger partial charge on any atom is -0.481 e. The van der Waals surface area contributed by atoms with Crippen molar-refractivity contribution in [2.75, 3.05) is 24.3 Å². The maximum Gasteiger partial charge on any atom is 0.312 e. The highest BCUT2D eigenvalue weighted by Crippen LogP contribution is 2.51. The van der Waals surface area contributed by atoms with E-state index in [1.54, 1.807) is 19.1 Å². The van der Waals surface area contributed by atoms with Crippen molar-refractivity contribution >= 4 is 45.9 Å². The number of hydrogen-bond donors (Lipinski definition) is 1. The van der Waals surface area contributed by atoms with Gasteiger partial charge in [0.25, 0.3) is 11.6 Å². The van der Waals surface area contributed by atoms with Gasteiger partial charge in [-0.2, -0.15) is 0 Å². The number of thiophene rings is 1. The maximum absolute atomic E-state index is 12.9. The van der Waals surface area contributed by atoms with Crippen molar-refractivity contribution in [3.8, 4) is 0 Å². The van der Waals surface area contributed by atoms with Gasteiger partial charge in [0.1, 0.15) is 10.4 Å². The first-order valence-electron chi connectivity index (χ1n) is 7.33. The smallest absolute Gasteiger partial charge is 0.312 e. The summed E-state index contributed by atoms with van der Waals surface area (Å²) < 4.78 is 5.58. The van der Waals surface area contributed by atoms with E-state index in [4.69, 9.17) is 4.74 Å². The first-order valence-corrected chi connectivity index (χ1v) is 9.26. The van der Waals surface area contributed by atoms with Crippen molar-refractivity contribution in [1.29, 1.82) is 0 Å². The van der Waals surface area contributed by atoms with Crippen LogP contribution in [-0.4, -0.2) is 58.3 Å². The number of ether oxygens (including phenoxy) is 1. The van der Waals surface area contributed by atoms with Gasteiger partial charge in [-0.3, -0.25) is 19.3 Å². The Balaban J connectivity index is 1.97. The summed E-state index contributed by atoms with van der Waals surface area (Å²) in [4.78, 5) is 39.5. The summed E-state index contributed by atoms with van der Waals surface area (Å²) in [5.74, 6) is -1.26. The van der Waals surface area contributed by atoms with Crippen LogP contribution in [0.25, 0.3) is 0 Å². The Morgan fingerprint density at radius 1 is 1.50 bits per heavy atom. The third-order valence-corrected chi connectivity index (χ3v) is 7.01. The zero-order chi connectivity index (χ0) is 17.7. The average Bonchev–Trinajstić information content (AvgIpc) is 3.05. The lowest BCUT2D eigenvalue weighted by molar-refractivity contribution is -0.193. The fourth-order valence-electron chi connectivity index (χ4n) is 3.17. The summed E-state index contributed by atoms with van der Waals surface area (Å²) in [7, 11) is 1.41. The summed E-state index contributed by atoms with van der Waals surface area (Å²) in [5, 5.41) is 11.4. The normalized spacial score (nSPS) is 32.0. The fraction of sp³-hybridized carbons (Fsp3) is 0.533. The summed E-state index contributed by atoms with van der Waals surface area (Å²) in [6, 6.07) is 3.56. The molecule has 2 aliphatic heterocycles. The molecule has 0 spiro atoms. The molecule has 2 saturated heterocycles. The van der Waals surface area contributed by atoms with Crippen LogP contribution in [0.2, 0.25) is 0 Å². The third kappa shape index (κ3) is 2.18. The highest BCUT2D eigenvalue weighted by atomic mass is 32.2. The van der Waals surface area contributed by atoms with Gasteiger partial charge in [0, 0.05) is 26.3 Å². The monoisotopic (exact) mass is 370 g/mol. The molecule has 2 amide bonds. The predicted octanol–water partition coefficient (Wildman–Crippen LogP) is 1.45. The van der Waals surface area contributed by atoms with Crippen LogP contribution >= 0.6 is 23.1 Å². The van der Waals surface area contributed by atoms with E-state index in [0.29, 0.717) is 10.8 Å². The maximum atomic E-state index is 12.9. The van der Waals surface area contributed by atoms with Crippen LogP contribution in [0.15, 0.2) is 17.5 Å². The van der Waals surface area contributed by atoms with Crippen molar-refractivity contribution in [2.45, 2.75) is 24.9 Å². The molecular weight excluding hydrogens is 352 g/mol. The topological polar surface area (TPSA) is 87.2 Å². The second-order valence-corrected chi connectivity index (χ2v) is 8.16. The van der Waals surface area contributed by atoms with Gasteiger partial charge in [0.15, 0.2) is 0 Å². The standard InChI is InChI=1S/C15H18N2O5S2/c1-9(18)17(10-5-4-6-23-10)15(22-3)11(19)16-7-14(2,13(20)21)8-24-12(15)16/h4-6,12H,7-8H2,1-3H3,(H,20,21)/t12-,14?,15?/m1/s1. The van der Waals surface area contributed by atoms with Crippen molar-refractivity contribution < 1.29 is 24.2 Å². The van der Waals surface area contributed by atoms with Crippen LogP contribution in [0.3, 0.4) is 0 Å². The first-order chi connectivity index (χ1) is 11.3. The van der Waals surface area contributed by atoms with Gasteiger partial charge in [0.2, 0.25) is 5.91 Å². The molecule has 0 saturated carbocycles. The van der Waals surface area contributed by atoms with Crippen LogP contribution < -0.4 is 4.90 Å². The Bertz CT molecular complexity index is 694. The lowest BCUT2D eigenvalue weighted by Gasteiger charge is -2.61. The zero-order valence-electron chi connectivity index (χ0n) is 13.5. The van der Waals surface area contributed by atoms with E-state index in [0.717, 1.165) is 0 Å². The zero-order valence-corrected chi connectivity index (χ0v) is 15.1. The van der Waals surface area contributed by atoms with Gasteiger partial charge in [-0.1, -0.05) is 0 Å². The number of β-lactam (4-membered cyclic amide) rings is 1. The van der Waals surface area contributed by atoms with Crippen molar-refractivity contribution in [1.82, 2.24) is 4.90 Å². The molecule has 2 aliphatic rings. The number of nitrogens with zero attached hydrogens (tertiary/aromatic N) is 2. The molecule has 0 aromatic carbocycles. The first kappa shape index (κ1) is 17.2. The van der Waals surface area contributed by atoms with E-state index in [-0.39, 0.29) is 18.4 Å². The summed E-state index contributed by atoms with van der Waals surface area (Å²) >= 11 is 2.68. The van der Waals surface area contributed by atoms with Crippen molar-refractivity contribution in [2.24, 2.45) is 5.41 Å². The van der Waals surface area contributed by atoms with Gasteiger partial charge in [-0.15, -0.1) is 23.1 Å². The molecule has 3 atom stereocenters. The SMILES string of the molecule is COC1(N(C(C)=O)c2cccs2)C(=O)N2CC(C)(C(=O)O)CS[C@@H]21. The Labute approximate surface area is 147 Å². The third-order valence-electron chi connectivity index (χ3n) is 4.47. The number of aliphatic carboxylic acids is 1. The molecule has 1 N–H and O–H groups in total. The van der Waals surface area contributed by atoms with Gasteiger partial charge in [-0.25, -0.2) is 0 Å². The van der Waals surface area contributed by atoms with Crippen LogP contribution in [0.1, 0.15) is 13.8 Å². The van der Waals surface area contributed by atoms with E-state index >= 15 is 0 Å². The number of hydrogen-bond acceptors (Lipinski definition) is 6. The van der Waals surface area contributed by atoms with E-state index in [9.17, 15) is 19.5 Å². The molecule has 3 rings (SSSR count). The summed E-state index contributed by atoms with van der Waals surface area (Å²) in [6.07, 6.45) is 0. The molecule has 0 aliphatic carbocycles. The van der Waals surface area contributed by atoms with Crippen LogP contribution in [-0.2, 0) is 19.1 Å². The van der Waals surface area contributed by atoms with Gasteiger partial charge >= 0.3 is 5.97 Å². The molecule has 2 unspecified atom stereocenters. The number of carboxylic acid groups (broad SMARTS) is 1. The molecular formula is C15H18N2O5S2. The Hall–Kier alpha value is -1.58. The Kier molecular flexibility index (Phi) is 4.13. The summed E-state index contributed by atoms with van der Waals surface area (Å²) in [5.41, 5.74) is -2.41. The van der Waals surface area contributed by atoms with Gasteiger partial charge < -0.3 is 14.7 Å². The molecule has 9 heteroatoms. The quantitative estimate of drug-likeness (QED) is 0.638. The van der Waals surface area contributed by atoms with E-state index in [1.165, 1.54) is 46.9 Å². The van der Waals surface area contributed by atoms with E-state index in [1.807, 2.05) is 5.38 Å². The van der Waals surface area contributed by atoms with Crippen molar-refractivity contribution in [3.05, 3.63) is 17.5 Å². The minimum absolute atomic E-state index is 0.111. The molecule has 24 heavy (non-hydrogen) atoms. The van der Waals surface area contributed by atoms with Crippen LogP contribution in [0, 0.1) is 5.41 Å². The van der Waals surface area contributed by atoms with E-state index in [2.05, 4.69) is 0 Å². The van der Waals surface area contributed by atoms with Crippen molar-refractivity contribution in [3.63, 3.8) is 0 Å². The molecule has 2 fully saturated rings. The molecule has 1 aromatic heterocycles. The number of carbonyl (C=O) groups is 3. The molecule has 1 aromatic rings. The number of amides is 2.